The summed E-state index contributed by atoms with van der Waals surface area (Å²) in [7, 11) is 0. The minimum absolute atomic E-state index is 0. The van der Waals surface area contributed by atoms with Gasteiger partial charge in [0.25, 0.3) is 0 Å². The molecule has 144 valence electrons. The molecule has 6 heteroatoms. The molecule has 0 radical (unpaired) electrons. The maximum absolute atomic E-state index is 13.0. The number of benzene rings is 1. The van der Waals surface area contributed by atoms with E-state index in [1.165, 1.54) is 5.56 Å². The molecule has 2 saturated heterocycles. The summed E-state index contributed by atoms with van der Waals surface area (Å²) in [5.41, 5.74) is 7.53. The number of carbonyl (C=O) groups is 2. The second kappa shape index (κ2) is 9.38. The Labute approximate surface area is 162 Å². The molecule has 0 aromatic heterocycles. The first-order chi connectivity index (χ1) is 12.1. The standard InChI is InChI=1S/C20H29N3O2.ClH/c1-2-7-19(24)22-11-6-10-16(12-22)20(25)23-13-17(18(21)14-23)15-8-4-3-5-9-15;/h3-5,8-9,16-18H,2,6-7,10-14,21H2,1H3;1H/t16?,17-,18+;/m0./s1. The summed E-state index contributed by atoms with van der Waals surface area (Å²) >= 11 is 0. The molecule has 2 heterocycles. The lowest BCUT2D eigenvalue weighted by Gasteiger charge is -2.34. The van der Waals surface area contributed by atoms with Crippen LogP contribution in [0.3, 0.4) is 0 Å². The van der Waals surface area contributed by atoms with Gasteiger partial charge in [0.15, 0.2) is 0 Å². The first-order valence-corrected chi connectivity index (χ1v) is 9.47. The highest BCUT2D eigenvalue weighted by molar-refractivity contribution is 5.85. The van der Waals surface area contributed by atoms with E-state index in [2.05, 4.69) is 12.1 Å². The molecule has 2 fully saturated rings. The Morgan fingerprint density at radius 3 is 2.54 bits per heavy atom. The van der Waals surface area contributed by atoms with Crippen molar-refractivity contribution in [2.45, 2.75) is 44.6 Å². The van der Waals surface area contributed by atoms with Gasteiger partial charge < -0.3 is 15.5 Å². The number of nitrogens with two attached hydrogens (primary N) is 1. The first-order valence-electron chi connectivity index (χ1n) is 9.47. The number of nitrogens with zero attached hydrogens (tertiary/aromatic N) is 2. The fourth-order valence-corrected chi connectivity index (χ4v) is 4.10. The van der Waals surface area contributed by atoms with Gasteiger partial charge in [0.2, 0.25) is 11.8 Å². The summed E-state index contributed by atoms with van der Waals surface area (Å²) < 4.78 is 0. The number of likely N-dealkylation sites (tertiary alicyclic amines) is 2. The Hall–Kier alpha value is -1.59. The van der Waals surface area contributed by atoms with Crippen molar-refractivity contribution >= 4 is 24.2 Å². The zero-order valence-corrected chi connectivity index (χ0v) is 16.3. The van der Waals surface area contributed by atoms with E-state index in [1.54, 1.807) is 0 Å². The predicted molar refractivity (Wildman–Crippen MR) is 105 cm³/mol. The Morgan fingerprint density at radius 2 is 1.85 bits per heavy atom. The molecule has 2 N–H and O–H groups in total. The molecule has 1 unspecified atom stereocenters. The molecule has 26 heavy (non-hydrogen) atoms. The first kappa shape index (κ1) is 20.7. The Balaban J connectivity index is 0.00000243. The van der Waals surface area contributed by atoms with Gasteiger partial charge in [0.05, 0.1) is 5.92 Å². The lowest BCUT2D eigenvalue weighted by molar-refractivity contribution is -0.140. The van der Waals surface area contributed by atoms with Crippen LogP contribution >= 0.6 is 12.4 Å². The number of amides is 2. The summed E-state index contributed by atoms with van der Waals surface area (Å²) in [6, 6.07) is 10.2. The summed E-state index contributed by atoms with van der Waals surface area (Å²) in [5.74, 6) is 0.478. The lowest BCUT2D eigenvalue weighted by atomic mass is 9.95. The molecule has 2 amide bonds. The van der Waals surface area contributed by atoms with Crippen LogP contribution in [0.1, 0.15) is 44.1 Å². The Bertz CT molecular complexity index is 610. The largest absolute Gasteiger partial charge is 0.342 e. The summed E-state index contributed by atoms with van der Waals surface area (Å²) in [6.45, 7) is 4.66. The molecule has 2 aliphatic heterocycles. The van der Waals surface area contributed by atoms with E-state index in [0.29, 0.717) is 26.1 Å². The quantitative estimate of drug-likeness (QED) is 0.873. The second-order valence-corrected chi connectivity index (χ2v) is 7.35. The number of halogens is 1. The average molecular weight is 380 g/mol. The molecule has 1 aromatic carbocycles. The highest BCUT2D eigenvalue weighted by atomic mass is 35.5. The van der Waals surface area contributed by atoms with E-state index in [0.717, 1.165) is 25.8 Å². The monoisotopic (exact) mass is 379 g/mol. The van der Waals surface area contributed by atoms with Crippen molar-refractivity contribution in [2.24, 2.45) is 11.7 Å². The molecular weight excluding hydrogens is 350 g/mol. The van der Waals surface area contributed by atoms with Gasteiger partial charge in [-0.3, -0.25) is 9.59 Å². The highest BCUT2D eigenvalue weighted by Gasteiger charge is 2.38. The highest BCUT2D eigenvalue weighted by Crippen LogP contribution is 2.29. The van der Waals surface area contributed by atoms with Crippen molar-refractivity contribution in [3.8, 4) is 0 Å². The Kier molecular flexibility index (Phi) is 7.47. The third kappa shape index (κ3) is 4.57. The molecule has 0 bridgehead atoms. The zero-order valence-electron chi connectivity index (χ0n) is 15.5. The van der Waals surface area contributed by atoms with Gasteiger partial charge in [-0.25, -0.2) is 0 Å². The molecule has 0 aliphatic carbocycles. The van der Waals surface area contributed by atoms with Crippen molar-refractivity contribution in [1.29, 1.82) is 0 Å². The number of carbonyl (C=O) groups excluding carboxylic acids is 2. The van der Waals surface area contributed by atoms with Crippen LogP contribution in [0.5, 0.6) is 0 Å². The van der Waals surface area contributed by atoms with Gasteiger partial charge in [0.1, 0.15) is 0 Å². The minimum atomic E-state index is -0.0729. The van der Waals surface area contributed by atoms with Crippen LogP contribution in [0, 0.1) is 5.92 Å². The van der Waals surface area contributed by atoms with Crippen LogP contribution in [-0.2, 0) is 9.59 Å². The zero-order chi connectivity index (χ0) is 17.8. The van der Waals surface area contributed by atoms with Crippen LogP contribution < -0.4 is 5.73 Å². The van der Waals surface area contributed by atoms with Crippen molar-refractivity contribution in [3.05, 3.63) is 35.9 Å². The van der Waals surface area contributed by atoms with Crippen molar-refractivity contribution in [3.63, 3.8) is 0 Å². The molecule has 3 atom stereocenters. The van der Waals surface area contributed by atoms with Gasteiger partial charge >= 0.3 is 0 Å². The smallest absolute Gasteiger partial charge is 0.227 e. The van der Waals surface area contributed by atoms with Crippen molar-refractivity contribution < 1.29 is 9.59 Å². The summed E-state index contributed by atoms with van der Waals surface area (Å²) in [4.78, 5) is 28.9. The number of rotatable bonds is 4. The maximum atomic E-state index is 13.0. The third-order valence-corrected chi connectivity index (χ3v) is 5.49. The van der Waals surface area contributed by atoms with Crippen LogP contribution in [-0.4, -0.2) is 53.8 Å². The van der Waals surface area contributed by atoms with E-state index in [4.69, 9.17) is 5.73 Å². The van der Waals surface area contributed by atoms with E-state index in [9.17, 15) is 9.59 Å². The SMILES string of the molecule is CCCC(=O)N1CCCC(C(=O)N2C[C@@H](N)[C@H](c3ccccc3)C2)C1.Cl. The fourth-order valence-electron chi connectivity index (χ4n) is 4.10. The summed E-state index contributed by atoms with van der Waals surface area (Å²) in [5, 5.41) is 0. The van der Waals surface area contributed by atoms with E-state index in [-0.39, 0.29) is 42.1 Å². The van der Waals surface area contributed by atoms with Crippen LogP contribution in [0.25, 0.3) is 0 Å². The Morgan fingerprint density at radius 1 is 1.12 bits per heavy atom. The van der Waals surface area contributed by atoms with Crippen molar-refractivity contribution in [2.75, 3.05) is 26.2 Å². The molecule has 2 aliphatic rings. The molecule has 3 rings (SSSR count). The topological polar surface area (TPSA) is 66.6 Å². The van der Waals surface area contributed by atoms with Crippen LogP contribution in [0.4, 0.5) is 0 Å². The number of hydrogen-bond acceptors (Lipinski definition) is 3. The van der Waals surface area contributed by atoms with Gasteiger partial charge in [-0.15, -0.1) is 12.4 Å². The fraction of sp³-hybridized carbons (Fsp3) is 0.600. The van der Waals surface area contributed by atoms with E-state index >= 15 is 0 Å². The molecule has 0 spiro atoms. The van der Waals surface area contributed by atoms with Crippen molar-refractivity contribution in [1.82, 2.24) is 9.80 Å². The summed E-state index contributed by atoms with van der Waals surface area (Å²) in [6.07, 6.45) is 3.21. The minimum Gasteiger partial charge on any atom is -0.342 e. The molecule has 0 saturated carbocycles. The van der Waals surface area contributed by atoms with Crippen LogP contribution in [0.2, 0.25) is 0 Å². The average Bonchev–Trinajstić information content (AvgIpc) is 3.04. The van der Waals surface area contributed by atoms with Gasteiger partial charge in [-0.1, -0.05) is 37.3 Å². The second-order valence-electron chi connectivity index (χ2n) is 7.35. The lowest BCUT2D eigenvalue weighted by Crippen LogP contribution is -2.46. The number of hydrogen-bond donors (Lipinski definition) is 1. The third-order valence-electron chi connectivity index (χ3n) is 5.49. The van der Waals surface area contributed by atoms with Crippen LogP contribution in [0.15, 0.2) is 30.3 Å². The van der Waals surface area contributed by atoms with Gasteiger partial charge in [0, 0.05) is 44.6 Å². The van der Waals surface area contributed by atoms with E-state index in [1.807, 2.05) is 34.9 Å². The van der Waals surface area contributed by atoms with Gasteiger partial charge in [-0.2, -0.15) is 0 Å². The van der Waals surface area contributed by atoms with Gasteiger partial charge in [-0.05, 0) is 24.8 Å². The van der Waals surface area contributed by atoms with E-state index < -0.39 is 0 Å². The normalized spacial score (nSPS) is 25.7. The molecular formula is C20H30ClN3O2. The predicted octanol–water partition coefficient (Wildman–Crippen LogP) is 2.40. The molecule has 1 aromatic rings. The maximum Gasteiger partial charge on any atom is 0.227 e. The molecule has 5 nitrogen and oxygen atoms in total. The number of piperidine rings is 1.